The highest BCUT2D eigenvalue weighted by Crippen LogP contribution is 2.21. The number of rotatable bonds is 3. The molecule has 3 rings (SSSR count). The molecule has 2 N–H and O–H groups in total. The first kappa shape index (κ1) is 17.4. The monoisotopic (exact) mass is 337 g/mol. The van der Waals surface area contributed by atoms with Crippen LogP contribution in [0.5, 0.6) is 0 Å². The standard InChI is InChI=1S/C20H25N4O/c1-14-10-16(3)19(22-13-14)23-6-8-24(9-7-23)20(25)18-11-17(12-21)5-4-15(18)2/h4-5,10-11,13H,2,6-9,12,21H2,1,3H3. The van der Waals surface area contributed by atoms with E-state index in [9.17, 15) is 4.79 Å². The summed E-state index contributed by atoms with van der Waals surface area (Å²) in [4.78, 5) is 21.6. The summed E-state index contributed by atoms with van der Waals surface area (Å²) in [6.45, 7) is 11.5. The number of pyridine rings is 1. The van der Waals surface area contributed by atoms with E-state index >= 15 is 0 Å². The van der Waals surface area contributed by atoms with Crippen LogP contribution >= 0.6 is 0 Å². The second-order valence-electron chi connectivity index (χ2n) is 6.63. The molecule has 5 nitrogen and oxygen atoms in total. The van der Waals surface area contributed by atoms with Crippen LogP contribution in [0.2, 0.25) is 0 Å². The Labute approximate surface area is 149 Å². The number of hydrogen-bond acceptors (Lipinski definition) is 4. The molecular formula is C20H25N4O. The van der Waals surface area contributed by atoms with E-state index < -0.39 is 0 Å². The van der Waals surface area contributed by atoms with E-state index in [0.29, 0.717) is 25.2 Å². The first-order chi connectivity index (χ1) is 12.0. The Morgan fingerprint density at radius 1 is 1.20 bits per heavy atom. The molecule has 1 fully saturated rings. The molecule has 0 bridgehead atoms. The van der Waals surface area contributed by atoms with Gasteiger partial charge in [-0.1, -0.05) is 18.2 Å². The van der Waals surface area contributed by atoms with Crippen LogP contribution in [0.1, 0.15) is 32.6 Å². The van der Waals surface area contributed by atoms with Gasteiger partial charge in [-0.05, 0) is 49.1 Å². The topological polar surface area (TPSA) is 62.5 Å². The lowest BCUT2D eigenvalue weighted by atomic mass is 10.0. The number of carbonyl (C=O) groups excluding carboxylic acids is 1. The molecule has 0 aliphatic carbocycles. The molecule has 1 aromatic carbocycles. The smallest absolute Gasteiger partial charge is 0.254 e. The summed E-state index contributed by atoms with van der Waals surface area (Å²) >= 11 is 0. The second kappa shape index (κ2) is 7.23. The third-order valence-corrected chi connectivity index (χ3v) is 4.69. The fourth-order valence-corrected chi connectivity index (χ4v) is 3.28. The third-order valence-electron chi connectivity index (χ3n) is 4.69. The highest BCUT2D eigenvalue weighted by Gasteiger charge is 2.24. The lowest BCUT2D eigenvalue weighted by Gasteiger charge is -2.36. The van der Waals surface area contributed by atoms with E-state index in [-0.39, 0.29) is 5.91 Å². The van der Waals surface area contributed by atoms with Crippen LogP contribution < -0.4 is 10.6 Å². The summed E-state index contributed by atoms with van der Waals surface area (Å²) in [5.74, 6) is 1.05. The van der Waals surface area contributed by atoms with Crippen LogP contribution in [0.25, 0.3) is 0 Å². The molecule has 1 aliphatic rings. The highest BCUT2D eigenvalue weighted by molar-refractivity contribution is 5.96. The van der Waals surface area contributed by atoms with Gasteiger partial charge in [-0.15, -0.1) is 0 Å². The maximum atomic E-state index is 12.9. The number of benzene rings is 1. The van der Waals surface area contributed by atoms with Gasteiger partial charge in [-0.2, -0.15) is 0 Å². The minimum atomic E-state index is 0.0357. The number of hydrogen-bond donors (Lipinski definition) is 1. The molecule has 1 saturated heterocycles. The molecule has 0 spiro atoms. The number of nitrogens with zero attached hydrogens (tertiary/aromatic N) is 3. The number of piperazine rings is 1. The summed E-state index contributed by atoms with van der Waals surface area (Å²) in [5.41, 5.74) is 10.4. The predicted octanol–water partition coefficient (Wildman–Crippen LogP) is 2.30. The van der Waals surface area contributed by atoms with Crippen molar-refractivity contribution in [3.63, 3.8) is 0 Å². The molecule has 1 aromatic heterocycles. The summed E-state index contributed by atoms with van der Waals surface area (Å²) < 4.78 is 0. The molecule has 0 unspecified atom stereocenters. The van der Waals surface area contributed by atoms with Crippen LogP contribution in [0.4, 0.5) is 5.82 Å². The van der Waals surface area contributed by atoms with E-state index in [0.717, 1.165) is 35.6 Å². The second-order valence-corrected chi connectivity index (χ2v) is 6.63. The summed E-state index contributed by atoms with van der Waals surface area (Å²) in [5, 5.41) is 0. The minimum absolute atomic E-state index is 0.0357. The molecule has 0 saturated carbocycles. The third kappa shape index (κ3) is 3.66. The molecule has 1 aliphatic heterocycles. The number of aromatic nitrogens is 1. The molecule has 1 radical (unpaired) electrons. The Bertz CT molecular complexity index is 779. The van der Waals surface area contributed by atoms with Crippen molar-refractivity contribution >= 4 is 11.7 Å². The normalized spacial score (nSPS) is 14.7. The van der Waals surface area contributed by atoms with Crippen molar-refractivity contribution in [3.8, 4) is 0 Å². The van der Waals surface area contributed by atoms with Gasteiger partial charge in [0.1, 0.15) is 5.82 Å². The van der Waals surface area contributed by atoms with Gasteiger partial charge in [0.2, 0.25) is 0 Å². The minimum Gasteiger partial charge on any atom is -0.353 e. The van der Waals surface area contributed by atoms with E-state index in [1.807, 2.05) is 36.2 Å². The predicted molar refractivity (Wildman–Crippen MR) is 101 cm³/mol. The maximum Gasteiger partial charge on any atom is 0.254 e. The number of carbonyl (C=O) groups is 1. The van der Waals surface area contributed by atoms with Crippen molar-refractivity contribution in [2.75, 3.05) is 31.1 Å². The molecule has 5 heteroatoms. The first-order valence-electron chi connectivity index (χ1n) is 8.62. The SMILES string of the molecule is [CH2]c1ccc(CN)cc1C(=O)N1CCN(c2ncc(C)cc2C)CC1. The van der Waals surface area contributed by atoms with Crippen molar-refractivity contribution in [3.05, 3.63) is 65.2 Å². The van der Waals surface area contributed by atoms with Crippen molar-refractivity contribution in [2.24, 2.45) is 5.73 Å². The molecule has 25 heavy (non-hydrogen) atoms. The number of anilines is 1. The van der Waals surface area contributed by atoms with Gasteiger partial charge in [0, 0.05) is 44.5 Å². The summed E-state index contributed by atoms with van der Waals surface area (Å²) in [7, 11) is 0. The molecule has 1 amide bonds. The van der Waals surface area contributed by atoms with E-state index in [1.54, 1.807) is 0 Å². The molecular weight excluding hydrogens is 312 g/mol. The largest absolute Gasteiger partial charge is 0.353 e. The number of amides is 1. The zero-order valence-corrected chi connectivity index (χ0v) is 15.0. The van der Waals surface area contributed by atoms with Crippen LogP contribution in [-0.2, 0) is 6.54 Å². The Hall–Kier alpha value is -2.40. The Morgan fingerprint density at radius 3 is 2.56 bits per heavy atom. The van der Waals surface area contributed by atoms with E-state index in [4.69, 9.17) is 5.73 Å². The fourth-order valence-electron chi connectivity index (χ4n) is 3.28. The van der Waals surface area contributed by atoms with Crippen LogP contribution in [0.15, 0.2) is 30.5 Å². The molecule has 131 valence electrons. The lowest BCUT2D eigenvalue weighted by molar-refractivity contribution is 0.0746. The van der Waals surface area contributed by atoms with Gasteiger partial charge in [-0.25, -0.2) is 4.98 Å². The zero-order valence-electron chi connectivity index (χ0n) is 15.0. The van der Waals surface area contributed by atoms with Gasteiger partial charge in [0.05, 0.1) is 0 Å². The summed E-state index contributed by atoms with van der Waals surface area (Å²) in [6, 6.07) is 7.80. The average molecular weight is 337 g/mol. The molecule has 0 atom stereocenters. The fraction of sp³-hybridized carbons (Fsp3) is 0.350. The Balaban J connectivity index is 1.71. The van der Waals surface area contributed by atoms with Crippen molar-refractivity contribution in [1.29, 1.82) is 0 Å². The Morgan fingerprint density at radius 2 is 1.92 bits per heavy atom. The average Bonchev–Trinajstić information content (AvgIpc) is 2.62. The molecule has 2 heterocycles. The quantitative estimate of drug-likeness (QED) is 0.933. The van der Waals surface area contributed by atoms with Gasteiger partial charge >= 0.3 is 0 Å². The van der Waals surface area contributed by atoms with Gasteiger partial charge < -0.3 is 15.5 Å². The van der Waals surface area contributed by atoms with Crippen molar-refractivity contribution in [1.82, 2.24) is 9.88 Å². The van der Waals surface area contributed by atoms with Gasteiger partial charge in [-0.3, -0.25) is 4.79 Å². The van der Waals surface area contributed by atoms with Crippen molar-refractivity contribution < 1.29 is 4.79 Å². The molecule has 2 aromatic rings. The van der Waals surface area contributed by atoms with Crippen LogP contribution in [0.3, 0.4) is 0 Å². The Kier molecular flexibility index (Phi) is 5.04. The zero-order chi connectivity index (χ0) is 18.0. The first-order valence-corrected chi connectivity index (χ1v) is 8.62. The number of nitrogens with two attached hydrogens (primary N) is 1. The van der Waals surface area contributed by atoms with Crippen LogP contribution in [0, 0.1) is 20.8 Å². The van der Waals surface area contributed by atoms with Gasteiger partial charge in [0.25, 0.3) is 5.91 Å². The van der Waals surface area contributed by atoms with Crippen LogP contribution in [-0.4, -0.2) is 42.0 Å². The lowest BCUT2D eigenvalue weighted by Crippen LogP contribution is -2.49. The highest BCUT2D eigenvalue weighted by atomic mass is 16.2. The maximum absolute atomic E-state index is 12.9. The van der Waals surface area contributed by atoms with Gasteiger partial charge in [0.15, 0.2) is 0 Å². The van der Waals surface area contributed by atoms with Crippen molar-refractivity contribution in [2.45, 2.75) is 20.4 Å². The van der Waals surface area contributed by atoms with E-state index in [2.05, 4.69) is 29.8 Å². The number of aryl methyl sites for hydroxylation is 2. The van der Waals surface area contributed by atoms with E-state index in [1.165, 1.54) is 5.56 Å². The summed E-state index contributed by atoms with van der Waals surface area (Å²) in [6.07, 6.45) is 1.90.